The van der Waals surface area contributed by atoms with Gasteiger partial charge in [0.1, 0.15) is 0 Å². The molecule has 0 aliphatic rings. The Hall–Kier alpha value is -0.750. The highest BCUT2D eigenvalue weighted by atomic mass is 79.9. The zero-order chi connectivity index (χ0) is 14.3. The minimum atomic E-state index is -4.35. The first-order valence-electron chi connectivity index (χ1n) is 6.16. The summed E-state index contributed by atoms with van der Waals surface area (Å²) in [6.07, 6.45) is -1.04. The van der Waals surface area contributed by atoms with Crippen LogP contribution in [0.3, 0.4) is 0 Å². The van der Waals surface area contributed by atoms with Crippen molar-refractivity contribution in [3.05, 3.63) is 28.2 Å². The Labute approximate surface area is 119 Å². The predicted molar refractivity (Wildman–Crippen MR) is 73.2 cm³/mol. The molecule has 0 spiro atoms. The average molecular weight is 340 g/mol. The molecule has 108 valence electrons. The molecule has 2 nitrogen and oxygen atoms in total. The molecule has 2 N–H and O–H groups in total. The van der Waals surface area contributed by atoms with Gasteiger partial charge in [0.05, 0.1) is 5.56 Å². The number of alkyl halides is 3. The Morgan fingerprint density at radius 3 is 2.42 bits per heavy atom. The molecule has 0 radical (unpaired) electrons. The number of hydrogen-bond acceptors (Lipinski definition) is 2. The van der Waals surface area contributed by atoms with Crippen LogP contribution < -0.4 is 5.32 Å². The Kier molecular flexibility index (Phi) is 6.65. The van der Waals surface area contributed by atoms with Gasteiger partial charge in [0.15, 0.2) is 0 Å². The average Bonchev–Trinajstić information content (AvgIpc) is 2.32. The zero-order valence-corrected chi connectivity index (χ0v) is 12.0. The number of rotatable bonds is 7. The van der Waals surface area contributed by atoms with Gasteiger partial charge in [0.2, 0.25) is 0 Å². The second-order valence-electron chi connectivity index (χ2n) is 4.25. The Morgan fingerprint density at radius 1 is 1.11 bits per heavy atom. The van der Waals surface area contributed by atoms with Crippen LogP contribution in [0.2, 0.25) is 0 Å². The van der Waals surface area contributed by atoms with Gasteiger partial charge in [-0.15, -0.1) is 0 Å². The van der Waals surface area contributed by atoms with Gasteiger partial charge in [-0.1, -0.05) is 28.8 Å². The van der Waals surface area contributed by atoms with Crippen LogP contribution in [0.4, 0.5) is 18.9 Å². The highest BCUT2D eigenvalue weighted by molar-refractivity contribution is 9.10. The van der Waals surface area contributed by atoms with Crippen molar-refractivity contribution in [2.24, 2.45) is 0 Å². The fraction of sp³-hybridized carbons (Fsp3) is 0.538. The summed E-state index contributed by atoms with van der Waals surface area (Å²) in [5.74, 6) is 0. The second-order valence-corrected chi connectivity index (χ2v) is 5.17. The molecule has 1 rings (SSSR count). The fourth-order valence-electron chi connectivity index (χ4n) is 1.72. The smallest absolute Gasteiger partial charge is 0.396 e. The molecule has 1 aromatic rings. The quantitative estimate of drug-likeness (QED) is 0.720. The van der Waals surface area contributed by atoms with Crippen molar-refractivity contribution in [3.8, 4) is 0 Å². The van der Waals surface area contributed by atoms with Crippen molar-refractivity contribution in [2.75, 3.05) is 18.5 Å². The summed E-state index contributed by atoms with van der Waals surface area (Å²) in [5.41, 5.74) is -0.546. The zero-order valence-electron chi connectivity index (χ0n) is 10.4. The molecule has 0 atom stereocenters. The molecule has 0 saturated heterocycles. The lowest BCUT2D eigenvalue weighted by Gasteiger charge is -2.15. The van der Waals surface area contributed by atoms with Crippen LogP contribution in [0.15, 0.2) is 22.7 Å². The molecule has 0 heterocycles. The summed E-state index contributed by atoms with van der Waals surface area (Å²) in [6.45, 7) is 0.655. The van der Waals surface area contributed by atoms with Crippen LogP contribution in [0, 0.1) is 0 Å². The maximum Gasteiger partial charge on any atom is 0.418 e. The van der Waals surface area contributed by atoms with E-state index < -0.39 is 11.7 Å². The monoisotopic (exact) mass is 339 g/mol. The van der Waals surface area contributed by atoms with Crippen molar-refractivity contribution in [2.45, 2.75) is 31.9 Å². The van der Waals surface area contributed by atoms with Crippen molar-refractivity contribution in [3.63, 3.8) is 0 Å². The third-order valence-corrected chi connectivity index (χ3v) is 3.18. The van der Waals surface area contributed by atoms with Gasteiger partial charge in [-0.2, -0.15) is 13.2 Å². The number of halogens is 4. The molecule has 0 aromatic heterocycles. The molecule has 0 bridgehead atoms. The van der Waals surface area contributed by atoms with Crippen molar-refractivity contribution < 1.29 is 18.3 Å². The lowest BCUT2D eigenvalue weighted by atomic mass is 10.1. The van der Waals surface area contributed by atoms with Crippen LogP contribution in [0.1, 0.15) is 31.2 Å². The van der Waals surface area contributed by atoms with Crippen molar-refractivity contribution >= 4 is 21.6 Å². The standard InChI is InChI=1S/C13H17BrF3NO/c14-10-5-6-11(13(15,16)17)12(9-10)18-7-3-1-2-4-8-19/h5-6,9,18-19H,1-4,7-8H2. The molecule has 0 aliphatic heterocycles. The van der Waals surface area contributed by atoms with Gasteiger partial charge in [0, 0.05) is 23.3 Å². The SMILES string of the molecule is OCCCCCCNc1cc(Br)ccc1C(F)(F)F. The van der Waals surface area contributed by atoms with Crippen LogP contribution in [0.5, 0.6) is 0 Å². The van der Waals surface area contributed by atoms with E-state index in [1.807, 2.05) is 0 Å². The molecule has 0 aliphatic carbocycles. The number of benzene rings is 1. The summed E-state index contributed by atoms with van der Waals surface area (Å²) in [7, 11) is 0. The van der Waals surface area contributed by atoms with Gasteiger partial charge >= 0.3 is 6.18 Å². The molecular formula is C13H17BrF3NO. The number of hydrogen-bond donors (Lipinski definition) is 2. The first-order chi connectivity index (χ1) is 8.95. The van der Waals surface area contributed by atoms with E-state index in [0.29, 0.717) is 11.0 Å². The van der Waals surface area contributed by atoms with Crippen LogP contribution in [-0.2, 0) is 6.18 Å². The minimum absolute atomic E-state index is 0.101. The molecule has 1 aromatic carbocycles. The fourth-order valence-corrected chi connectivity index (χ4v) is 2.08. The maximum absolute atomic E-state index is 12.8. The van der Waals surface area contributed by atoms with E-state index in [9.17, 15) is 13.2 Å². The lowest BCUT2D eigenvalue weighted by Crippen LogP contribution is -2.11. The molecule has 0 fully saturated rings. The van der Waals surface area contributed by atoms with Gasteiger partial charge in [0.25, 0.3) is 0 Å². The van der Waals surface area contributed by atoms with Gasteiger partial charge in [-0.3, -0.25) is 0 Å². The minimum Gasteiger partial charge on any atom is -0.396 e. The van der Waals surface area contributed by atoms with E-state index in [4.69, 9.17) is 5.11 Å². The Bertz CT molecular complexity index is 396. The Balaban J connectivity index is 2.54. The number of anilines is 1. The number of aliphatic hydroxyl groups excluding tert-OH is 1. The lowest BCUT2D eigenvalue weighted by molar-refractivity contribution is -0.137. The number of nitrogens with one attached hydrogen (secondary N) is 1. The normalized spacial score (nSPS) is 11.6. The highest BCUT2D eigenvalue weighted by Crippen LogP contribution is 2.36. The summed E-state index contributed by atoms with van der Waals surface area (Å²) in [6, 6.07) is 3.89. The van der Waals surface area contributed by atoms with E-state index in [1.165, 1.54) is 12.1 Å². The topological polar surface area (TPSA) is 32.3 Å². The largest absolute Gasteiger partial charge is 0.418 e. The third kappa shape index (κ3) is 5.82. The van der Waals surface area contributed by atoms with Gasteiger partial charge in [-0.25, -0.2) is 0 Å². The summed E-state index contributed by atoms with van der Waals surface area (Å²) in [4.78, 5) is 0. The Morgan fingerprint density at radius 2 is 1.79 bits per heavy atom. The van der Waals surface area contributed by atoms with Crippen LogP contribution in [0.25, 0.3) is 0 Å². The molecular weight excluding hydrogens is 323 g/mol. The summed E-state index contributed by atoms with van der Waals surface area (Å²) >= 11 is 3.17. The first-order valence-corrected chi connectivity index (χ1v) is 6.96. The molecule has 0 saturated carbocycles. The van der Waals surface area contributed by atoms with Gasteiger partial charge in [-0.05, 0) is 31.0 Å². The molecule has 0 amide bonds. The van der Waals surface area contributed by atoms with E-state index in [1.54, 1.807) is 0 Å². The van der Waals surface area contributed by atoms with E-state index in [0.717, 1.165) is 31.7 Å². The van der Waals surface area contributed by atoms with Crippen molar-refractivity contribution in [1.29, 1.82) is 0 Å². The molecule has 0 unspecified atom stereocenters. The highest BCUT2D eigenvalue weighted by Gasteiger charge is 2.33. The number of aliphatic hydroxyl groups is 1. The second kappa shape index (κ2) is 7.75. The first kappa shape index (κ1) is 16.3. The van der Waals surface area contributed by atoms with Crippen LogP contribution >= 0.6 is 15.9 Å². The summed E-state index contributed by atoms with van der Waals surface area (Å²) < 4.78 is 38.9. The summed E-state index contributed by atoms with van der Waals surface area (Å²) in [5, 5.41) is 11.4. The molecule has 6 heteroatoms. The van der Waals surface area contributed by atoms with E-state index >= 15 is 0 Å². The maximum atomic E-state index is 12.8. The van der Waals surface area contributed by atoms with Gasteiger partial charge < -0.3 is 10.4 Å². The number of unbranched alkanes of at least 4 members (excludes halogenated alkanes) is 3. The van der Waals surface area contributed by atoms with E-state index in [-0.39, 0.29) is 12.3 Å². The van der Waals surface area contributed by atoms with Crippen LogP contribution in [-0.4, -0.2) is 18.3 Å². The predicted octanol–water partition coefficient (Wildman–Crippen LogP) is 4.43. The third-order valence-electron chi connectivity index (χ3n) is 2.69. The molecule has 19 heavy (non-hydrogen) atoms. The van der Waals surface area contributed by atoms with Crippen molar-refractivity contribution in [1.82, 2.24) is 0 Å². The van der Waals surface area contributed by atoms with E-state index in [2.05, 4.69) is 21.2 Å².